The van der Waals surface area contributed by atoms with E-state index in [1.54, 1.807) is 13.0 Å². The number of rotatable bonds is 6. The van der Waals surface area contributed by atoms with Gasteiger partial charge in [-0.05, 0) is 31.0 Å². The van der Waals surface area contributed by atoms with Crippen LogP contribution in [0.5, 0.6) is 0 Å². The maximum Gasteiger partial charge on any atom is 0.222 e. The molecule has 18 heavy (non-hydrogen) atoms. The summed E-state index contributed by atoms with van der Waals surface area (Å²) in [5.41, 5.74) is 0.376. The minimum Gasteiger partial charge on any atom is -0.393 e. The minimum absolute atomic E-state index is 0.122. The number of benzene rings is 1. The predicted molar refractivity (Wildman–Crippen MR) is 65.3 cm³/mol. The summed E-state index contributed by atoms with van der Waals surface area (Å²) in [4.78, 5) is 11.4. The first-order valence-corrected chi connectivity index (χ1v) is 5.87. The van der Waals surface area contributed by atoms with Gasteiger partial charge in [-0.3, -0.25) is 4.79 Å². The summed E-state index contributed by atoms with van der Waals surface area (Å²) in [5, 5.41) is 21.3. The summed E-state index contributed by atoms with van der Waals surface area (Å²) in [5.74, 6) is -0.770. The first-order valence-electron chi connectivity index (χ1n) is 5.87. The first-order chi connectivity index (χ1) is 8.49. The Morgan fingerprint density at radius 1 is 1.44 bits per heavy atom. The number of halogens is 1. The molecule has 0 saturated carbocycles. The maximum absolute atomic E-state index is 12.9. The number of carbonyl (C=O) groups is 1. The molecule has 5 heteroatoms. The van der Waals surface area contributed by atoms with Crippen molar-refractivity contribution >= 4 is 5.91 Å². The molecule has 2 atom stereocenters. The van der Waals surface area contributed by atoms with Crippen LogP contribution in [0.4, 0.5) is 4.39 Å². The molecule has 0 aliphatic carbocycles. The molecule has 3 N–H and O–H groups in total. The van der Waals surface area contributed by atoms with Crippen molar-refractivity contribution < 1.29 is 19.4 Å². The molecule has 0 bridgehead atoms. The number of hydrogen-bond donors (Lipinski definition) is 3. The molecule has 0 radical (unpaired) electrons. The fraction of sp³-hybridized carbons (Fsp3) is 0.462. The molecule has 100 valence electrons. The molecule has 0 fully saturated rings. The third kappa shape index (κ3) is 5.25. The SMILES string of the molecule is CC(O)CCNC(=O)CC(O)c1cccc(F)c1. The van der Waals surface area contributed by atoms with Crippen LogP contribution in [-0.4, -0.2) is 28.8 Å². The lowest BCUT2D eigenvalue weighted by Crippen LogP contribution is -2.27. The van der Waals surface area contributed by atoms with E-state index in [4.69, 9.17) is 5.11 Å². The van der Waals surface area contributed by atoms with Crippen LogP contribution in [0, 0.1) is 5.82 Å². The Hall–Kier alpha value is -1.46. The normalized spacial score (nSPS) is 14.0. The van der Waals surface area contributed by atoms with Gasteiger partial charge >= 0.3 is 0 Å². The predicted octanol–water partition coefficient (Wildman–Crippen LogP) is 1.14. The quantitative estimate of drug-likeness (QED) is 0.714. The monoisotopic (exact) mass is 255 g/mol. The number of aliphatic hydroxyl groups is 2. The molecule has 0 saturated heterocycles. The highest BCUT2D eigenvalue weighted by molar-refractivity contribution is 5.76. The van der Waals surface area contributed by atoms with E-state index in [0.29, 0.717) is 18.5 Å². The van der Waals surface area contributed by atoms with Crippen LogP contribution in [0.1, 0.15) is 31.4 Å². The third-order valence-electron chi connectivity index (χ3n) is 2.50. The topological polar surface area (TPSA) is 69.6 Å². The highest BCUT2D eigenvalue weighted by Crippen LogP contribution is 2.17. The Balaban J connectivity index is 2.40. The van der Waals surface area contributed by atoms with Crippen LogP contribution >= 0.6 is 0 Å². The Morgan fingerprint density at radius 2 is 2.17 bits per heavy atom. The summed E-state index contributed by atoms with van der Waals surface area (Å²) in [6.45, 7) is 1.99. The van der Waals surface area contributed by atoms with Gasteiger partial charge in [0.05, 0.1) is 18.6 Å². The van der Waals surface area contributed by atoms with Gasteiger partial charge in [-0.15, -0.1) is 0 Å². The molecule has 0 aliphatic rings. The Kier molecular flexibility index (Phi) is 5.74. The van der Waals surface area contributed by atoms with E-state index in [1.807, 2.05) is 0 Å². The Morgan fingerprint density at radius 3 is 2.78 bits per heavy atom. The van der Waals surface area contributed by atoms with Crippen molar-refractivity contribution in [3.05, 3.63) is 35.6 Å². The Bertz CT molecular complexity index is 396. The summed E-state index contributed by atoms with van der Waals surface area (Å²) >= 11 is 0. The van der Waals surface area contributed by atoms with E-state index in [0.717, 1.165) is 0 Å². The zero-order valence-corrected chi connectivity index (χ0v) is 10.3. The Labute approximate surface area is 105 Å². The van der Waals surface area contributed by atoms with Gasteiger partial charge in [0.15, 0.2) is 0 Å². The minimum atomic E-state index is -1.02. The van der Waals surface area contributed by atoms with Crippen molar-refractivity contribution in [2.45, 2.75) is 32.0 Å². The van der Waals surface area contributed by atoms with Crippen LogP contribution in [0.15, 0.2) is 24.3 Å². The van der Waals surface area contributed by atoms with Crippen LogP contribution < -0.4 is 5.32 Å². The molecule has 0 spiro atoms. The van der Waals surface area contributed by atoms with Crippen LogP contribution in [0.25, 0.3) is 0 Å². The molecular formula is C13H18FNO3. The lowest BCUT2D eigenvalue weighted by atomic mass is 10.1. The van der Waals surface area contributed by atoms with Gasteiger partial charge in [0.1, 0.15) is 5.82 Å². The van der Waals surface area contributed by atoms with Crippen molar-refractivity contribution in [2.75, 3.05) is 6.54 Å². The third-order valence-corrected chi connectivity index (χ3v) is 2.50. The van der Waals surface area contributed by atoms with Crippen LogP contribution in [0.2, 0.25) is 0 Å². The molecule has 0 aromatic heterocycles. The molecule has 1 aromatic rings. The molecule has 0 aliphatic heterocycles. The summed E-state index contributed by atoms with van der Waals surface area (Å²) in [6.07, 6.45) is -1.16. The van der Waals surface area contributed by atoms with Gasteiger partial charge in [-0.25, -0.2) is 4.39 Å². The smallest absolute Gasteiger partial charge is 0.222 e. The van der Waals surface area contributed by atoms with E-state index in [2.05, 4.69) is 5.32 Å². The molecule has 1 aromatic carbocycles. The second kappa shape index (κ2) is 7.08. The van der Waals surface area contributed by atoms with Crippen molar-refractivity contribution in [1.82, 2.24) is 5.32 Å². The van der Waals surface area contributed by atoms with Crippen molar-refractivity contribution in [3.8, 4) is 0 Å². The molecule has 0 heterocycles. The number of carbonyl (C=O) groups excluding carboxylic acids is 1. The van der Waals surface area contributed by atoms with Gasteiger partial charge in [-0.2, -0.15) is 0 Å². The van der Waals surface area contributed by atoms with Gasteiger partial charge in [-0.1, -0.05) is 12.1 Å². The molecule has 1 amide bonds. The average molecular weight is 255 g/mol. The highest BCUT2D eigenvalue weighted by Gasteiger charge is 2.13. The highest BCUT2D eigenvalue weighted by atomic mass is 19.1. The lowest BCUT2D eigenvalue weighted by molar-refractivity contribution is -0.123. The lowest BCUT2D eigenvalue weighted by Gasteiger charge is -2.11. The van der Waals surface area contributed by atoms with E-state index in [9.17, 15) is 14.3 Å². The molecule has 4 nitrogen and oxygen atoms in total. The van der Waals surface area contributed by atoms with Gasteiger partial charge in [0.25, 0.3) is 0 Å². The number of amides is 1. The zero-order valence-electron chi connectivity index (χ0n) is 10.3. The van der Waals surface area contributed by atoms with E-state index in [-0.39, 0.29) is 12.3 Å². The van der Waals surface area contributed by atoms with Gasteiger partial charge in [0.2, 0.25) is 5.91 Å². The van der Waals surface area contributed by atoms with Crippen molar-refractivity contribution in [1.29, 1.82) is 0 Å². The number of hydrogen-bond acceptors (Lipinski definition) is 3. The summed E-state index contributed by atoms with van der Waals surface area (Å²) in [7, 11) is 0. The molecule has 2 unspecified atom stereocenters. The second-order valence-corrected chi connectivity index (χ2v) is 4.26. The second-order valence-electron chi connectivity index (χ2n) is 4.26. The van der Waals surface area contributed by atoms with Crippen molar-refractivity contribution in [3.63, 3.8) is 0 Å². The number of aliphatic hydroxyl groups excluding tert-OH is 2. The average Bonchev–Trinajstić information content (AvgIpc) is 2.28. The summed E-state index contributed by atoms with van der Waals surface area (Å²) in [6, 6.07) is 5.53. The zero-order chi connectivity index (χ0) is 13.5. The maximum atomic E-state index is 12.9. The van der Waals surface area contributed by atoms with E-state index >= 15 is 0 Å². The fourth-order valence-electron chi connectivity index (χ4n) is 1.50. The standard InChI is InChI=1S/C13H18FNO3/c1-9(16)5-6-15-13(18)8-12(17)10-3-2-4-11(14)7-10/h2-4,7,9,12,16-17H,5-6,8H2,1H3,(H,15,18). The van der Waals surface area contributed by atoms with Crippen LogP contribution in [-0.2, 0) is 4.79 Å². The van der Waals surface area contributed by atoms with Crippen LogP contribution in [0.3, 0.4) is 0 Å². The first kappa shape index (κ1) is 14.6. The molecule has 1 rings (SSSR count). The van der Waals surface area contributed by atoms with E-state index < -0.39 is 18.0 Å². The van der Waals surface area contributed by atoms with Gasteiger partial charge < -0.3 is 15.5 Å². The van der Waals surface area contributed by atoms with Crippen molar-refractivity contribution in [2.24, 2.45) is 0 Å². The fourth-order valence-corrected chi connectivity index (χ4v) is 1.50. The summed E-state index contributed by atoms with van der Waals surface area (Å²) < 4.78 is 12.9. The van der Waals surface area contributed by atoms with Gasteiger partial charge in [0, 0.05) is 6.54 Å². The largest absolute Gasteiger partial charge is 0.393 e. The van der Waals surface area contributed by atoms with E-state index in [1.165, 1.54) is 18.2 Å². The molecular weight excluding hydrogens is 237 g/mol. The number of nitrogens with one attached hydrogen (secondary N) is 1.